The first-order valence-electron chi connectivity index (χ1n) is 16.5. The van der Waals surface area contributed by atoms with E-state index in [2.05, 4.69) is 22.2 Å². The summed E-state index contributed by atoms with van der Waals surface area (Å²) in [6, 6.07) is 14.6. The first kappa shape index (κ1) is 39.9. The number of ether oxygens (including phenoxy) is 4. The highest BCUT2D eigenvalue weighted by Crippen LogP contribution is 2.36. The number of hydrogen-bond acceptors (Lipinski definition) is 11. The van der Waals surface area contributed by atoms with E-state index >= 15 is 0 Å². The molecule has 1 saturated heterocycles. The van der Waals surface area contributed by atoms with E-state index in [9.17, 15) is 14.7 Å². The molecule has 2 aromatic heterocycles. The van der Waals surface area contributed by atoms with E-state index < -0.39 is 24.1 Å². The number of nitrogens with one attached hydrogen (secondary N) is 2. The Morgan fingerprint density at radius 3 is 2.47 bits per heavy atom. The summed E-state index contributed by atoms with van der Waals surface area (Å²) in [7, 11) is 3.65. The highest BCUT2D eigenvalue weighted by Gasteiger charge is 2.27. The summed E-state index contributed by atoms with van der Waals surface area (Å²) < 4.78 is 23.1. The Hall–Kier alpha value is -3.91. The van der Waals surface area contributed by atoms with Gasteiger partial charge in [0.1, 0.15) is 32.8 Å². The van der Waals surface area contributed by atoms with Crippen LogP contribution < -0.4 is 19.8 Å². The Bertz CT molecular complexity index is 1750. The van der Waals surface area contributed by atoms with Crippen molar-refractivity contribution in [2.75, 3.05) is 40.5 Å². The number of halogens is 2. The Morgan fingerprint density at radius 2 is 1.78 bits per heavy atom. The summed E-state index contributed by atoms with van der Waals surface area (Å²) in [5.41, 5.74) is 1.88. The van der Waals surface area contributed by atoms with Crippen molar-refractivity contribution in [2.45, 2.75) is 44.9 Å². The van der Waals surface area contributed by atoms with Crippen LogP contribution in [0, 0.1) is 5.92 Å². The maximum atomic E-state index is 13.6. The highest BCUT2D eigenvalue weighted by molar-refractivity contribution is 7.13. The molecule has 2 atom stereocenters. The fourth-order valence-corrected chi connectivity index (χ4v) is 7.15. The monoisotopic (exact) mass is 759 g/mol. The van der Waals surface area contributed by atoms with Crippen molar-refractivity contribution in [3.63, 3.8) is 0 Å². The highest BCUT2D eigenvalue weighted by atomic mass is 35.5. The molecule has 1 aliphatic heterocycles. The topological polar surface area (TPSA) is 151 Å². The molecule has 0 radical (unpaired) electrons. The summed E-state index contributed by atoms with van der Waals surface area (Å²) in [6.07, 6.45) is 4.63. The van der Waals surface area contributed by atoms with E-state index in [1.807, 2.05) is 19.1 Å². The molecule has 0 amide bonds. The molecule has 0 saturated carbocycles. The number of phenols is 1. The van der Waals surface area contributed by atoms with Crippen LogP contribution in [0.4, 0.5) is 0 Å². The van der Waals surface area contributed by atoms with Gasteiger partial charge in [-0.05, 0) is 93.3 Å². The van der Waals surface area contributed by atoms with Gasteiger partial charge in [-0.3, -0.25) is 5.32 Å². The van der Waals surface area contributed by atoms with Gasteiger partial charge >= 0.3 is 11.9 Å². The van der Waals surface area contributed by atoms with Crippen LogP contribution in [0.15, 0.2) is 67.0 Å². The Balaban J connectivity index is 0.00000583. The summed E-state index contributed by atoms with van der Waals surface area (Å²) in [5, 5.41) is 14.2. The summed E-state index contributed by atoms with van der Waals surface area (Å²) in [6.45, 7) is 4.86. The number of aromatic hydroxyl groups is 1. The summed E-state index contributed by atoms with van der Waals surface area (Å²) in [4.78, 5) is 33.4. The number of H-pyrrole nitrogens is 1. The smallest absolute Gasteiger partial charge is 0.348 e. The number of rotatable bonds is 15. The Labute approximate surface area is 311 Å². The minimum Gasteiger partial charge on any atom is -0.870 e. The number of benzene rings is 2. The van der Waals surface area contributed by atoms with Crippen molar-refractivity contribution in [3.05, 3.63) is 103 Å². The molecule has 2 unspecified atom stereocenters. The lowest BCUT2D eigenvalue weighted by molar-refractivity contribution is -0.377. The number of likely N-dealkylation sites (tertiary alicyclic amines) is 1. The van der Waals surface area contributed by atoms with Crippen molar-refractivity contribution in [2.24, 2.45) is 5.92 Å². The molecule has 11 nitrogen and oxygen atoms in total. The lowest BCUT2D eigenvalue weighted by Gasteiger charge is -2.29. The molecular formula is C37H43Cl2N3O8S. The van der Waals surface area contributed by atoms with Crippen LogP contribution in [0.25, 0.3) is 0 Å². The predicted octanol–water partition coefficient (Wildman–Crippen LogP) is 6.66. The van der Waals surface area contributed by atoms with Gasteiger partial charge in [-0.15, -0.1) is 11.3 Å². The van der Waals surface area contributed by atoms with E-state index in [0.717, 1.165) is 30.8 Å². The van der Waals surface area contributed by atoms with Gasteiger partial charge in [-0.1, -0.05) is 41.4 Å². The number of hydrogen-bond donors (Lipinski definition) is 2. The fourth-order valence-electron chi connectivity index (χ4n) is 5.77. The third-order valence-corrected chi connectivity index (χ3v) is 10.3. The number of pyridine rings is 1. The summed E-state index contributed by atoms with van der Waals surface area (Å²) >= 11 is 14.2. The second-order valence-electron chi connectivity index (χ2n) is 12.1. The molecule has 1 fully saturated rings. The molecule has 3 heterocycles. The number of thiophene rings is 1. The second kappa shape index (κ2) is 19.1. The van der Waals surface area contributed by atoms with E-state index in [0.29, 0.717) is 62.2 Å². The van der Waals surface area contributed by atoms with Gasteiger partial charge in [-0.25, -0.2) is 14.6 Å². The predicted molar refractivity (Wildman–Crippen MR) is 194 cm³/mol. The molecule has 4 N–H and O–H groups in total. The molecular weight excluding hydrogens is 717 g/mol. The molecule has 0 spiro atoms. The normalized spacial score (nSPS) is 14.6. The second-order valence-corrected chi connectivity index (χ2v) is 14.1. The quantitative estimate of drug-likeness (QED) is 0.126. The van der Waals surface area contributed by atoms with Crippen LogP contribution in [-0.2, 0) is 27.2 Å². The van der Waals surface area contributed by atoms with Crippen LogP contribution in [0.5, 0.6) is 17.2 Å². The Kier molecular flexibility index (Phi) is 14.9. The first-order chi connectivity index (χ1) is 24.1. The van der Waals surface area contributed by atoms with Crippen LogP contribution in [-0.4, -0.2) is 67.9 Å². The van der Waals surface area contributed by atoms with Gasteiger partial charge in [0, 0.05) is 23.4 Å². The van der Waals surface area contributed by atoms with Crippen molar-refractivity contribution in [1.82, 2.24) is 10.2 Å². The molecule has 4 aromatic rings. The van der Waals surface area contributed by atoms with Gasteiger partial charge < -0.3 is 34.4 Å². The fraction of sp³-hybridized carbons (Fsp3) is 0.378. The lowest BCUT2D eigenvalue weighted by atomic mass is 9.98. The Morgan fingerprint density at radius 1 is 1.04 bits per heavy atom. The zero-order chi connectivity index (χ0) is 35.6. The van der Waals surface area contributed by atoms with Crippen LogP contribution in [0.2, 0.25) is 10.0 Å². The van der Waals surface area contributed by atoms with Gasteiger partial charge in [0.25, 0.3) is 0 Å². The number of aromatic amines is 1. The molecule has 0 bridgehead atoms. The number of carbonyl (C=O) groups excluding carboxylic acids is 2. The number of carbonyl (C=O) groups is 2. The number of phenolic OH excluding ortho intramolecular Hbond substituents is 1. The van der Waals surface area contributed by atoms with E-state index in [1.165, 1.54) is 11.3 Å². The van der Waals surface area contributed by atoms with Crippen molar-refractivity contribution >= 4 is 46.5 Å². The number of esters is 2. The first-order valence-corrected chi connectivity index (χ1v) is 18.0. The van der Waals surface area contributed by atoms with Gasteiger partial charge in [0.15, 0.2) is 23.9 Å². The third kappa shape index (κ3) is 10.8. The zero-order valence-electron chi connectivity index (χ0n) is 28.7. The maximum absolute atomic E-state index is 13.6. The van der Waals surface area contributed by atoms with Crippen LogP contribution in [0.1, 0.15) is 63.2 Å². The maximum Gasteiger partial charge on any atom is 0.348 e. The minimum absolute atomic E-state index is 0. The molecule has 274 valence electrons. The molecule has 14 heteroatoms. The van der Waals surface area contributed by atoms with E-state index in [4.69, 9.17) is 42.1 Å². The van der Waals surface area contributed by atoms with Crippen LogP contribution in [0.3, 0.4) is 0 Å². The molecule has 5 rings (SSSR count). The van der Waals surface area contributed by atoms with Gasteiger partial charge in [0.2, 0.25) is 0 Å². The van der Waals surface area contributed by atoms with E-state index in [-0.39, 0.29) is 24.2 Å². The molecule has 2 aromatic carbocycles. The van der Waals surface area contributed by atoms with Crippen molar-refractivity contribution in [1.29, 1.82) is 0 Å². The average Bonchev–Trinajstić information content (AvgIpc) is 3.59. The molecule has 51 heavy (non-hydrogen) atoms. The summed E-state index contributed by atoms with van der Waals surface area (Å²) in [5.74, 6) is 0.478. The largest absolute Gasteiger partial charge is 0.870 e. The number of piperidine rings is 1. The molecule has 1 aliphatic rings. The minimum atomic E-state index is -0.817. The van der Waals surface area contributed by atoms with Gasteiger partial charge in [-0.2, -0.15) is 0 Å². The van der Waals surface area contributed by atoms with Crippen molar-refractivity contribution < 1.29 is 44.1 Å². The van der Waals surface area contributed by atoms with Crippen LogP contribution >= 0.6 is 34.5 Å². The number of methoxy groups -OCH3 is 1. The van der Waals surface area contributed by atoms with Crippen molar-refractivity contribution in [3.8, 4) is 17.2 Å². The standard InChI is InChI=1S/C37H41Cl2N3O7S.H2O/c1-4-47-33-17-24(8-10-31(33)46-3)32(18-28-29(38)20-40-21-30(28)39)49-36(44)34-11-9-27(50-34)19-41-35(25-6-5-7-26(43)16-25)37(45)48-22-23-12-14-42(2)15-13-23;/h5-11,16-17,20-21,23,32,35,41,43H,4,12-15,18-19,22H2,1-3H3;1H2. The number of nitrogens with zero attached hydrogens (tertiary/aromatic N) is 1. The van der Waals surface area contributed by atoms with E-state index in [1.54, 1.807) is 62.0 Å². The zero-order valence-corrected chi connectivity index (χ0v) is 31.0. The average molecular weight is 761 g/mol. The molecule has 0 aliphatic carbocycles. The van der Waals surface area contributed by atoms with Gasteiger partial charge in [0.05, 0.1) is 20.3 Å². The number of aromatic nitrogens is 1. The lowest BCUT2D eigenvalue weighted by Crippen LogP contribution is -2.34. The third-order valence-electron chi connectivity index (χ3n) is 8.58. The SMILES string of the molecule is CCOc1cc(C(Cc2c(Cl)c[nH+]cc2Cl)OC(=O)c2ccc(CNC(C(=O)OCC3CCN(C)CC3)c3cccc(O)c3)s2)ccc1OC.[OH-].